The number of benzene rings is 1. The number of ether oxygens (including phenoxy) is 1. The number of carbonyl (C=O) groups excluding carboxylic acids is 1. The van der Waals surface area contributed by atoms with Crippen molar-refractivity contribution in [2.24, 2.45) is 16.5 Å². The van der Waals surface area contributed by atoms with Crippen molar-refractivity contribution in [1.82, 2.24) is 15.1 Å². The molecule has 40 heavy (non-hydrogen) atoms. The van der Waals surface area contributed by atoms with Gasteiger partial charge in [0.1, 0.15) is 5.75 Å². The van der Waals surface area contributed by atoms with Crippen LogP contribution in [0.1, 0.15) is 62.5 Å². The number of aryl methyl sites for hydroxylation is 1. The summed E-state index contributed by atoms with van der Waals surface area (Å²) in [6.45, 7) is 0.865. The standard InChI is InChI=1S/C25H32ClF5N4O4S/c1-4-35-21(17-10-7-15(11-18(17)39-23(27)28)12-24(2,3)25(29,30)31)19(26)20(34-35)22(36)33-13-14-5-8-16(9-6-14)40(32,37)38/h7,10-11,14,16,23H,4-6,8-9,12-13H2,1-3H3,(H,33,36)(H2,32,37,38). The molecule has 3 rings (SSSR count). The summed E-state index contributed by atoms with van der Waals surface area (Å²) in [6.07, 6.45) is -3.13. The van der Waals surface area contributed by atoms with E-state index in [1.807, 2.05) is 0 Å². The summed E-state index contributed by atoms with van der Waals surface area (Å²) < 4.78 is 95.9. The molecular formula is C25H32ClF5N4O4S. The molecule has 1 aromatic heterocycles. The number of alkyl halides is 5. The third-order valence-corrected chi connectivity index (χ3v) is 8.91. The van der Waals surface area contributed by atoms with E-state index < -0.39 is 51.6 Å². The second-order valence-electron chi connectivity index (χ2n) is 10.5. The second-order valence-corrected chi connectivity index (χ2v) is 12.8. The number of rotatable bonds is 10. The topological polar surface area (TPSA) is 116 Å². The Hall–Kier alpha value is -2.45. The van der Waals surface area contributed by atoms with Crippen LogP contribution in [-0.4, -0.2) is 48.7 Å². The zero-order chi connectivity index (χ0) is 30.0. The highest BCUT2D eigenvalue weighted by Gasteiger charge is 2.47. The third-order valence-electron chi connectivity index (χ3n) is 7.15. The quantitative estimate of drug-likeness (QED) is 0.341. The Morgan fingerprint density at radius 3 is 2.38 bits per heavy atom. The molecule has 1 amide bonds. The fourth-order valence-electron chi connectivity index (χ4n) is 4.73. The van der Waals surface area contributed by atoms with Crippen molar-refractivity contribution in [3.05, 3.63) is 34.5 Å². The molecule has 1 saturated carbocycles. The molecule has 8 nitrogen and oxygen atoms in total. The molecule has 3 N–H and O–H groups in total. The predicted molar refractivity (Wildman–Crippen MR) is 140 cm³/mol. The lowest BCUT2D eigenvalue weighted by Gasteiger charge is -2.28. The summed E-state index contributed by atoms with van der Waals surface area (Å²) in [6, 6.07) is 3.79. The molecule has 1 aromatic carbocycles. The van der Waals surface area contributed by atoms with Gasteiger partial charge in [0.15, 0.2) is 5.69 Å². The fraction of sp³-hybridized carbons (Fsp3) is 0.600. The first-order valence-electron chi connectivity index (χ1n) is 12.7. The van der Waals surface area contributed by atoms with Crippen molar-refractivity contribution >= 4 is 27.5 Å². The minimum Gasteiger partial charge on any atom is -0.434 e. The fourth-order valence-corrected chi connectivity index (χ4v) is 5.99. The molecule has 0 aliphatic heterocycles. The highest BCUT2D eigenvalue weighted by molar-refractivity contribution is 7.89. The maximum absolute atomic E-state index is 13.4. The van der Waals surface area contributed by atoms with Crippen molar-refractivity contribution in [3.63, 3.8) is 0 Å². The molecule has 0 saturated heterocycles. The number of sulfonamides is 1. The lowest BCUT2D eigenvalue weighted by atomic mass is 9.84. The van der Waals surface area contributed by atoms with Crippen LogP contribution in [0.15, 0.2) is 18.2 Å². The molecule has 2 aromatic rings. The molecule has 1 heterocycles. The summed E-state index contributed by atoms with van der Waals surface area (Å²) in [5, 5.41) is 11.4. The largest absolute Gasteiger partial charge is 0.434 e. The van der Waals surface area contributed by atoms with Crippen LogP contribution in [-0.2, 0) is 23.0 Å². The van der Waals surface area contributed by atoms with Gasteiger partial charge in [-0.1, -0.05) is 31.5 Å². The summed E-state index contributed by atoms with van der Waals surface area (Å²) in [7, 11) is -3.61. The molecule has 1 fully saturated rings. The first-order chi connectivity index (χ1) is 18.4. The van der Waals surface area contributed by atoms with E-state index in [2.05, 4.69) is 15.2 Å². The van der Waals surface area contributed by atoms with Crippen LogP contribution in [0.2, 0.25) is 5.02 Å². The van der Waals surface area contributed by atoms with Gasteiger partial charge in [0, 0.05) is 18.7 Å². The van der Waals surface area contributed by atoms with E-state index in [4.69, 9.17) is 16.7 Å². The van der Waals surface area contributed by atoms with Gasteiger partial charge in [0.05, 0.1) is 21.4 Å². The van der Waals surface area contributed by atoms with Crippen LogP contribution in [0.25, 0.3) is 11.3 Å². The SMILES string of the molecule is CCn1nc(C(=O)NCC2CCC(S(N)(=O)=O)CC2)c(Cl)c1-c1ccc(CC(C)(C)C(F)(F)F)cc1OC(F)F. The first-order valence-corrected chi connectivity index (χ1v) is 14.6. The summed E-state index contributed by atoms with van der Waals surface area (Å²) in [4.78, 5) is 13.0. The minimum atomic E-state index is -4.52. The second kappa shape index (κ2) is 12.2. The van der Waals surface area contributed by atoms with Gasteiger partial charge in [-0.3, -0.25) is 9.48 Å². The van der Waals surface area contributed by atoms with Crippen molar-refractivity contribution in [1.29, 1.82) is 0 Å². The molecule has 0 unspecified atom stereocenters. The number of hydrogen-bond acceptors (Lipinski definition) is 5. The van der Waals surface area contributed by atoms with Crippen LogP contribution in [0.5, 0.6) is 5.75 Å². The van der Waals surface area contributed by atoms with Crippen molar-refractivity contribution in [2.45, 2.75) is 77.5 Å². The van der Waals surface area contributed by atoms with Crippen molar-refractivity contribution < 1.29 is 39.9 Å². The van der Waals surface area contributed by atoms with Gasteiger partial charge in [-0.2, -0.15) is 27.1 Å². The van der Waals surface area contributed by atoms with Gasteiger partial charge in [-0.05, 0) is 62.6 Å². The molecule has 0 spiro atoms. The number of aromatic nitrogens is 2. The lowest BCUT2D eigenvalue weighted by molar-refractivity contribution is -0.211. The molecule has 1 aliphatic rings. The maximum atomic E-state index is 13.4. The van der Waals surface area contributed by atoms with Crippen LogP contribution in [0.4, 0.5) is 22.0 Å². The number of amides is 1. The zero-order valence-electron chi connectivity index (χ0n) is 22.2. The van der Waals surface area contributed by atoms with Gasteiger partial charge in [0.25, 0.3) is 5.91 Å². The Balaban J connectivity index is 1.86. The van der Waals surface area contributed by atoms with E-state index >= 15 is 0 Å². The summed E-state index contributed by atoms with van der Waals surface area (Å²) in [5.41, 5.74) is -2.03. The van der Waals surface area contributed by atoms with Gasteiger partial charge in [-0.25, -0.2) is 13.6 Å². The molecule has 0 bridgehead atoms. The van der Waals surface area contributed by atoms with Crippen LogP contribution >= 0.6 is 11.6 Å². The van der Waals surface area contributed by atoms with E-state index in [0.29, 0.717) is 25.7 Å². The van der Waals surface area contributed by atoms with E-state index in [1.54, 1.807) is 6.92 Å². The molecule has 224 valence electrons. The number of nitrogens with two attached hydrogens (primary N) is 1. The normalized spacial score (nSPS) is 18.7. The Morgan fingerprint density at radius 2 is 1.85 bits per heavy atom. The summed E-state index contributed by atoms with van der Waals surface area (Å²) >= 11 is 6.53. The monoisotopic (exact) mass is 614 g/mol. The van der Waals surface area contributed by atoms with E-state index in [-0.39, 0.29) is 46.5 Å². The third kappa shape index (κ3) is 7.43. The highest BCUT2D eigenvalue weighted by Crippen LogP contribution is 2.43. The smallest absolute Gasteiger partial charge is 0.394 e. The van der Waals surface area contributed by atoms with Crippen molar-refractivity contribution in [3.8, 4) is 17.0 Å². The highest BCUT2D eigenvalue weighted by atomic mass is 35.5. The average molecular weight is 615 g/mol. The first kappa shape index (κ1) is 32.1. The molecule has 1 aliphatic carbocycles. The van der Waals surface area contributed by atoms with Crippen molar-refractivity contribution in [2.75, 3.05) is 6.54 Å². The Kier molecular flexibility index (Phi) is 9.78. The average Bonchev–Trinajstić information content (AvgIpc) is 3.17. The number of halogens is 6. The summed E-state index contributed by atoms with van der Waals surface area (Å²) in [5.74, 6) is -1.000. The number of nitrogens with one attached hydrogen (secondary N) is 1. The molecule has 15 heteroatoms. The predicted octanol–water partition coefficient (Wildman–Crippen LogP) is 5.53. The number of hydrogen-bond donors (Lipinski definition) is 2. The Bertz CT molecular complexity index is 1320. The van der Waals surface area contributed by atoms with Gasteiger partial charge < -0.3 is 10.1 Å². The maximum Gasteiger partial charge on any atom is 0.394 e. The zero-order valence-corrected chi connectivity index (χ0v) is 23.8. The molecule has 0 atom stereocenters. The Labute approximate surface area is 234 Å². The van der Waals surface area contributed by atoms with Gasteiger partial charge >= 0.3 is 12.8 Å². The van der Waals surface area contributed by atoms with Gasteiger partial charge in [-0.15, -0.1) is 0 Å². The number of carbonyl (C=O) groups is 1. The molecule has 0 radical (unpaired) electrons. The van der Waals surface area contributed by atoms with Crippen LogP contribution < -0.4 is 15.2 Å². The van der Waals surface area contributed by atoms with Gasteiger partial charge in [0.2, 0.25) is 10.0 Å². The van der Waals surface area contributed by atoms with Crippen LogP contribution in [0, 0.1) is 11.3 Å². The van der Waals surface area contributed by atoms with Crippen LogP contribution in [0.3, 0.4) is 0 Å². The number of nitrogens with zero attached hydrogens (tertiary/aromatic N) is 2. The number of primary sulfonamides is 1. The van der Waals surface area contributed by atoms with E-state index in [1.165, 1.54) is 16.8 Å². The van der Waals surface area contributed by atoms with E-state index in [0.717, 1.165) is 19.9 Å². The Morgan fingerprint density at radius 1 is 1.23 bits per heavy atom. The molecular weight excluding hydrogens is 583 g/mol. The lowest BCUT2D eigenvalue weighted by Crippen LogP contribution is -2.36. The minimum absolute atomic E-state index is 0.0213. The van der Waals surface area contributed by atoms with E-state index in [9.17, 15) is 35.2 Å².